The van der Waals surface area contributed by atoms with Gasteiger partial charge in [0.15, 0.2) is 0 Å². The Morgan fingerprint density at radius 3 is 2.94 bits per heavy atom. The summed E-state index contributed by atoms with van der Waals surface area (Å²) in [7, 11) is 1.70. The van der Waals surface area contributed by atoms with Gasteiger partial charge >= 0.3 is 0 Å². The van der Waals surface area contributed by atoms with Gasteiger partial charge < -0.3 is 9.64 Å². The van der Waals surface area contributed by atoms with Crippen molar-refractivity contribution < 1.29 is 9.53 Å². The lowest BCUT2D eigenvalue weighted by molar-refractivity contribution is -0.137. The molecular weight excluding hydrogens is 400 g/mol. The SMILES string of the molecule is C/C=C(\C=C/COC)c1ccc2c(n1)CCN(CC(=O)N1CCN3C(C)CCCC3C1)C2. The quantitative estimate of drug-likeness (QED) is 0.639. The molecule has 174 valence electrons. The predicted molar refractivity (Wildman–Crippen MR) is 128 cm³/mol. The molecule has 2 saturated heterocycles. The summed E-state index contributed by atoms with van der Waals surface area (Å²) in [6, 6.07) is 5.50. The molecule has 1 amide bonds. The number of ether oxygens (including phenoxy) is 1. The minimum absolute atomic E-state index is 0.287. The highest BCUT2D eigenvalue weighted by Gasteiger charge is 2.34. The Hall–Kier alpha value is -2.02. The van der Waals surface area contributed by atoms with E-state index in [1.54, 1.807) is 7.11 Å². The van der Waals surface area contributed by atoms with Crippen molar-refractivity contribution in [1.29, 1.82) is 0 Å². The van der Waals surface area contributed by atoms with Crippen molar-refractivity contribution in [2.75, 3.05) is 46.4 Å². The molecule has 0 aliphatic carbocycles. The number of allylic oxidation sites excluding steroid dienone is 3. The van der Waals surface area contributed by atoms with Gasteiger partial charge in [0.05, 0.1) is 18.8 Å². The molecule has 1 aromatic rings. The molecule has 2 atom stereocenters. The van der Waals surface area contributed by atoms with Gasteiger partial charge in [0.25, 0.3) is 0 Å². The Morgan fingerprint density at radius 2 is 2.12 bits per heavy atom. The zero-order valence-corrected chi connectivity index (χ0v) is 19.9. The number of nitrogens with zero attached hydrogens (tertiary/aromatic N) is 4. The van der Waals surface area contributed by atoms with Gasteiger partial charge in [-0.1, -0.05) is 30.7 Å². The first-order chi connectivity index (χ1) is 15.6. The number of piperazine rings is 1. The third kappa shape index (κ3) is 5.30. The molecule has 4 heterocycles. The number of fused-ring (bicyclic) bond motifs is 2. The first kappa shape index (κ1) is 23.1. The fraction of sp³-hybridized carbons (Fsp3) is 0.615. The molecule has 0 bridgehead atoms. The third-order valence-electron chi connectivity index (χ3n) is 7.26. The highest BCUT2D eigenvalue weighted by Crippen LogP contribution is 2.26. The number of methoxy groups -OCH3 is 1. The molecule has 3 aliphatic rings. The Kier molecular flexibility index (Phi) is 7.76. The number of carbonyl (C=O) groups excluding carboxylic acids is 1. The molecule has 6 nitrogen and oxygen atoms in total. The molecule has 4 rings (SSSR count). The van der Waals surface area contributed by atoms with E-state index in [-0.39, 0.29) is 5.91 Å². The number of hydrogen-bond acceptors (Lipinski definition) is 5. The summed E-state index contributed by atoms with van der Waals surface area (Å²) >= 11 is 0. The maximum Gasteiger partial charge on any atom is 0.236 e. The minimum atomic E-state index is 0.287. The van der Waals surface area contributed by atoms with Crippen molar-refractivity contribution in [3.63, 3.8) is 0 Å². The number of rotatable bonds is 6. The van der Waals surface area contributed by atoms with E-state index in [1.165, 1.54) is 24.8 Å². The summed E-state index contributed by atoms with van der Waals surface area (Å²) in [5.41, 5.74) is 4.52. The van der Waals surface area contributed by atoms with E-state index in [4.69, 9.17) is 9.72 Å². The average molecular weight is 439 g/mol. The maximum atomic E-state index is 13.1. The van der Waals surface area contributed by atoms with Gasteiger partial charge in [0.2, 0.25) is 5.91 Å². The molecule has 0 radical (unpaired) electrons. The van der Waals surface area contributed by atoms with Crippen LogP contribution in [0.25, 0.3) is 5.57 Å². The van der Waals surface area contributed by atoms with E-state index in [2.05, 4.69) is 45.9 Å². The molecule has 1 aromatic heterocycles. The fourth-order valence-electron chi connectivity index (χ4n) is 5.41. The van der Waals surface area contributed by atoms with Crippen LogP contribution in [0.15, 0.2) is 30.4 Å². The summed E-state index contributed by atoms with van der Waals surface area (Å²) in [6.07, 6.45) is 10.9. The maximum absolute atomic E-state index is 13.1. The summed E-state index contributed by atoms with van der Waals surface area (Å²) in [5.74, 6) is 0.287. The van der Waals surface area contributed by atoms with E-state index >= 15 is 0 Å². The highest BCUT2D eigenvalue weighted by atomic mass is 16.5. The van der Waals surface area contributed by atoms with E-state index in [9.17, 15) is 4.79 Å². The second-order valence-electron chi connectivity index (χ2n) is 9.38. The standard InChI is InChI=1S/C26H38N4O2/c1-4-21(8-6-16-32-3)24-11-10-22-17-28(13-12-25(22)27-24)19-26(31)29-14-15-30-20(2)7-5-9-23(30)18-29/h4,6,8,10-11,20,23H,5,7,9,12-19H2,1-3H3/b8-6-,21-4+. The van der Waals surface area contributed by atoms with Crippen LogP contribution >= 0.6 is 0 Å². The number of amides is 1. The monoisotopic (exact) mass is 438 g/mol. The Labute approximate surface area is 192 Å². The predicted octanol–water partition coefficient (Wildman–Crippen LogP) is 3.13. The van der Waals surface area contributed by atoms with Crippen molar-refractivity contribution in [2.45, 2.75) is 58.2 Å². The van der Waals surface area contributed by atoms with Crippen molar-refractivity contribution in [1.82, 2.24) is 19.7 Å². The molecule has 0 aromatic carbocycles. The first-order valence-electron chi connectivity index (χ1n) is 12.2. The Balaban J connectivity index is 1.34. The molecule has 0 N–H and O–H groups in total. The molecule has 0 saturated carbocycles. The summed E-state index contributed by atoms with van der Waals surface area (Å²) in [6.45, 7) is 9.99. The molecule has 0 spiro atoms. The van der Waals surface area contributed by atoms with Crippen molar-refractivity contribution >= 4 is 11.5 Å². The van der Waals surface area contributed by atoms with Crippen LogP contribution in [0.2, 0.25) is 0 Å². The van der Waals surface area contributed by atoms with Gasteiger partial charge in [-0.05, 0) is 43.9 Å². The normalized spacial score (nSPS) is 25.1. The first-order valence-corrected chi connectivity index (χ1v) is 12.2. The van der Waals surface area contributed by atoms with Crippen LogP contribution in [0.4, 0.5) is 0 Å². The summed E-state index contributed by atoms with van der Waals surface area (Å²) < 4.78 is 5.11. The van der Waals surface area contributed by atoms with Crippen LogP contribution in [0.5, 0.6) is 0 Å². The molecule has 3 aliphatic heterocycles. The third-order valence-corrected chi connectivity index (χ3v) is 7.26. The van der Waals surface area contributed by atoms with Crippen LogP contribution in [0.1, 0.15) is 50.1 Å². The van der Waals surface area contributed by atoms with Crippen LogP contribution in [0.3, 0.4) is 0 Å². The van der Waals surface area contributed by atoms with Gasteiger partial charge in [-0.15, -0.1) is 0 Å². The topological polar surface area (TPSA) is 48.9 Å². The van der Waals surface area contributed by atoms with Gasteiger partial charge in [0.1, 0.15) is 0 Å². The number of carbonyl (C=O) groups is 1. The van der Waals surface area contributed by atoms with Gasteiger partial charge in [-0.2, -0.15) is 0 Å². The van der Waals surface area contributed by atoms with Crippen LogP contribution < -0.4 is 0 Å². The smallest absolute Gasteiger partial charge is 0.236 e. The van der Waals surface area contributed by atoms with Crippen molar-refractivity contribution in [3.8, 4) is 0 Å². The average Bonchev–Trinajstić information content (AvgIpc) is 2.81. The van der Waals surface area contributed by atoms with Crippen molar-refractivity contribution in [2.24, 2.45) is 0 Å². The van der Waals surface area contributed by atoms with Gasteiger partial charge in [0, 0.05) is 64.0 Å². The second-order valence-corrected chi connectivity index (χ2v) is 9.38. The minimum Gasteiger partial charge on any atom is -0.381 e. The fourth-order valence-corrected chi connectivity index (χ4v) is 5.41. The zero-order chi connectivity index (χ0) is 22.5. The number of pyridine rings is 1. The van der Waals surface area contributed by atoms with E-state index in [0.29, 0.717) is 25.2 Å². The lowest BCUT2D eigenvalue weighted by atomic mass is 9.94. The van der Waals surface area contributed by atoms with Crippen LogP contribution in [-0.2, 0) is 22.5 Å². The lowest BCUT2D eigenvalue weighted by Crippen LogP contribution is -2.59. The van der Waals surface area contributed by atoms with E-state index < -0.39 is 0 Å². The largest absolute Gasteiger partial charge is 0.381 e. The lowest BCUT2D eigenvalue weighted by Gasteiger charge is -2.47. The highest BCUT2D eigenvalue weighted by molar-refractivity contribution is 5.78. The summed E-state index contributed by atoms with van der Waals surface area (Å²) in [4.78, 5) is 25.0. The molecule has 2 fully saturated rings. The number of hydrogen-bond donors (Lipinski definition) is 0. The zero-order valence-electron chi connectivity index (χ0n) is 19.9. The molecule has 2 unspecified atom stereocenters. The van der Waals surface area contributed by atoms with Crippen molar-refractivity contribution in [3.05, 3.63) is 47.3 Å². The van der Waals surface area contributed by atoms with Gasteiger partial charge in [-0.3, -0.25) is 19.6 Å². The van der Waals surface area contributed by atoms with Crippen LogP contribution in [-0.4, -0.2) is 84.1 Å². The molecule has 6 heteroatoms. The summed E-state index contributed by atoms with van der Waals surface area (Å²) in [5, 5.41) is 0. The molecular formula is C26H38N4O2. The van der Waals surface area contributed by atoms with E-state index in [1.807, 2.05) is 13.0 Å². The van der Waals surface area contributed by atoms with E-state index in [0.717, 1.165) is 56.1 Å². The van der Waals surface area contributed by atoms with Crippen LogP contribution in [0, 0.1) is 0 Å². The number of piperidine rings is 1. The second kappa shape index (κ2) is 10.7. The number of aromatic nitrogens is 1. The Morgan fingerprint density at radius 1 is 1.25 bits per heavy atom. The molecule has 32 heavy (non-hydrogen) atoms. The Bertz CT molecular complexity index is 865. The van der Waals surface area contributed by atoms with Gasteiger partial charge in [-0.25, -0.2) is 0 Å².